The van der Waals surface area contributed by atoms with Gasteiger partial charge in [-0.15, -0.1) is 0 Å². The summed E-state index contributed by atoms with van der Waals surface area (Å²) in [4.78, 5) is 27.7. The molecule has 2 amide bonds. The van der Waals surface area contributed by atoms with Crippen molar-refractivity contribution in [1.82, 2.24) is 14.7 Å². The van der Waals surface area contributed by atoms with Crippen LogP contribution in [0.1, 0.15) is 27.3 Å². The van der Waals surface area contributed by atoms with Gasteiger partial charge in [-0.25, -0.2) is 0 Å². The van der Waals surface area contributed by atoms with E-state index in [0.717, 1.165) is 11.3 Å². The molecule has 1 aliphatic rings. The number of aryl methyl sites for hydroxylation is 1. The first kappa shape index (κ1) is 17.9. The first-order valence-corrected chi connectivity index (χ1v) is 8.40. The minimum absolute atomic E-state index is 0.0763. The summed E-state index contributed by atoms with van der Waals surface area (Å²) in [5, 5.41) is 13.8. The van der Waals surface area contributed by atoms with Crippen molar-refractivity contribution in [2.75, 3.05) is 18.5 Å². The molecule has 0 saturated heterocycles. The van der Waals surface area contributed by atoms with Crippen LogP contribution in [0.3, 0.4) is 0 Å². The lowest BCUT2D eigenvalue weighted by atomic mass is 10.0. The zero-order chi connectivity index (χ0) is 18.8. The summed E-state index contributed by atoms with van der Waals surface area (Å²) in [5.74, 6) is -0.284. The molecule has 2 heterocycles. The number of nitrogens with zero attached hydrogens (tertiary/aromatic N) is 4. The lowest BCUT2D eigenvalue weighted by Gasteiger charge is -2.28. The van der Waals surface area contributed by atoms with Crippen molar-refractivity contribution in [1.29, 1.82) is 0 Å². The molecule has 3 rings (SSSR count). The highest BCUT2D eigenvalue weighted by atomic mass is 16.3. The Hall–Kier alpha value is -2.93. The standard InChI is InChI=1S/C19H22N4O3/c1-4-18(25)21(2)14-7-5-13(6-8-14)19(26)23-10-9-17-15(11-23)16(12-24)20-22(17)3/h4-8,24H,1,9-12H2,2-3H3. The number of amides is 2. The van der Waals surface area contributed by atoms with E-state index in [4.69, 9.17) is 0 Å². The number of anilines is 1. The molecule has 0 fully saturated rings. The molecule has 1 N–H and O–H groups in total. The molecular formula is C19H22N4O3. The topological polar surface area (TPSA) is 78.7 Å². The fourth-order valence-electron chi connectivity index (χ4n) is 3.24. The van der Waals surface area contributed by atoms with Crippen molar-refractivity contribution < 1.29 is 14.7 Å². The third-order valence-electron chi connectivity index (χ3n) is 4.77. The summed E-state index contributed by atoms with van der Waals surface area (Å²) >= 11 is 0. The molecule has 1 aromatic carbocycles. The van der Waals surface area contributed by atoms with Crippen molar-refractivity contribution >= 4 is 17.5 Å². The number of carbonyl (C=O) groups is 2. The van der Waals surface area contributed by atoms with Gasteiger partial charge in [-0.1, -0.05) is 6.58 Å². The number of carbonyl (C=O) groups excluding carboxylic acids is 2. The predicted octanol–water partition coefficient (Wildman–Crippen LogP) is 1.26. The van der Waals surface area contributed by atoms with Crippen molar-refractivity contribution in [3.05, 3.63) is 59.4 Å². The number of fused-ring (bicyclic) bond motifs is 1. The second-order valence-electron chi connectivity index (χ2n) is 6.28. The van der Waals surface area contributed by atoms with Gasteiger partial charge in [0.1, 0.15) is 0 Å². The summed E-state index contributed by atoms with van der Waals surface area (Å²) in [6.07, 6.45) is 1.95. The van der Waals surface area contributed by atoms with Gasteiger partial charge in [0, 0.05) is 56.1 Å². The van der Waals surface area contributed by atoms with Crippen LogP contribution in [0.25, 0.3) is 0 Å². The van der Waals surface area contributed by atoms with Gasteiger partial charge in [-0.05, 0) is 30.3 Å². The highest BCUT2D eigenvalue weighted by molar-refractivity contribution is 6.01. The van der Waals surface area contributed by atoms with Gasteiger partial charge in [-0.2, -0.15) is 5.10 Å². The molecule has 26 heavy (non-hydrogen) atoms. The van der Waals surface area contributed by atoms with E-state index in [-0.39, 0.29) is 18.4 Å². The lowest BCUT2D eigenvalue weighted by molar-refractivity contribution is -0.113. The van der Waals surface area contributed by atoms with Crippen LogP contribution < -0.4 is 4.90 Å². The van der Waals surface area contributed by atoms with Crippen LogP contribution in [0.2, 0.25) is 0 Å². The Labute approximate surface area is 152 Å². The van der Waals surface area contributed by atoms with Crippen molar-refractivity contribution in [3.63, 3.8) is 0 Å². The van der Waals surface area contributed by atoms with E-state index in [1.165, 1.54) is 11.0 Å². The number of aliphatic hydroxyl groups is 1. The fourth-order valence-corrected chi connectivity index (χ4v) is 3.24. The van der Waals surface area contributed by atoms with Crippen LogP contribution in [-0.2, 0) is 31.4 Å². The molecule has 2 aromatic rings. The quantitative estimate of drug-likeness (QED) is 0.839. The first-order valence-electron chi connectivity index (χ1n) is 8.40. The summed E-state index contributed by atoms with van der Waals surface area (Å²) in [5.41, 5.74) is 3.88. The van der Waals surface area contributed by atoms with Gasteiger partial charge < -0.3 is 14.9 Å². The molecule has 0 bridgehead atoms. The SMILES string of the molecule is C=CC(=O)N(C)c1ccc(C(=O)N2CCc3c(c(CO)nn3C)C2)cc1. The van der Waals surface area contributed by atoms with Crippen LogP contribution >= 0.6 is 0 Å². The maximum absolute atomic E-state index is 12.8. The molecule has 7 heteroatoms. The first-order chi connectivity index (χ1) is 12.5. The number of benzene rings is 1. The Kier molecular flexibility index (Phi) is 4.90. The molecule has 0 spiro atoms. The predicted molar refractivity (Wildman–Crippen MR) is 97.6 cm³/mol. The molecule has 0 unspecified atom stereocenters. The van der Waals surface area contributed by atoms with Gasteiger partial charge in [0.2, 0.25) is 5.91 Å². The fraction of sp³-hybridized carbons (Fsp3) is 0.316. The minimum atomic E-state index is -0.208. The number of rotatable bonds is 4. The minimum Gasteiger partial charge on any atom is -0.390 e. The average Bonchev–Trinajstić information content (AvgIpc) is 3.01. The molecule has 7 nitrogen and oxygen atoms in total. The smallest absolute Gasteiger partial charge is 0.254 e. The van der Waals surface area contributed by atoms with E-state index in [9.17, 15) is 14.7 Å². The zero-order valence-corrected chi connectivity index (χ0v) is 15.0. The van der Waals surface area contributed by atoms with Gasteiger partial charge in [0.15, 0.2) is 0 Å². The molecule has 1 aliphatic heterocycles. The van der Waals surface area contributed by atoms with Gasteiger partial charge in [0.05, 0.1) is 12.3 Å². The van der Waals surface area contributed by atoms with E-state index in [0.29, 0.717) is 36.5 Å². The summed E-state index contributed by atoms with van der Waals surface area (Å²) in [7, 11) is 3.51. The largest absolute Gasteiger partial charge is 0.390 e. The van der Waals surface area contributed by atoms with Gasteiger partial charge in [-0.3, -0.25) is 14.3 Å². The second kappa shape index (κ2) is 7.13. The summed E-state index contributed by atoms with van der Waals surface area (Å²) in [6, 6.07) is 6.92. The number of hydrogen-bond acceptors (Lipinski definition) is 4. The number of aliphatic hydroxyl groups excluding tert-OH is 1. The zero-order valence-electron chi connectivity index (χ0n) is 15.0. The molecule has 136 valence electrons. The Morgan fingerprint density at radius 3 is 2.65 bits per heavy atom. The highest BCUT2D eigenvalue weighted by Gasteiger charge is 2.27. The van der Waals surface area contributed by atoms with E-state index < -0.39 is 0 Å². The third kappa shape index (κ3) is 3.13. The van der Waals surface area contributed by atoms with Crippen LogP contribution in [0.15, 0.2) is 36.9 Å². The summed E-state index contributed by atoms with van der Waals surface area (Å²) < 4.78 is 1.78. The van der Waals surface area contributed by atoms with Crippen molar-refractivity contribution in [3.8, 4) is 0 Å². The maximum Gasteiger partial charge on any atom is 0.254 e. The second-order valence-corrected chi connectivity index (χ2v) is 6.28. The number of likely N-dealkylation sites (N-methyl/N-ethyl adjacent to an activating group) is 1. The van der Waals surface area contributed by atoms with Gasteiger partial charge in [0.25, 0.3) is 5.91 Å². The molecule has 0 saturated carbocycles. The van der Waals surface area contributed by atoms with E-state index in [1.54, 1.807) is 40.9 Å². The monoisotopic (exact) mass is 354 g/mol. The van der Waals surface area contributed by atoms with E-state index in [2.05, 4.69) is 11.7 Å². The van der Waals surface area contributed by atoms with Crippen LogP contribution in [0.4, 0.5) is 5.69 Å². The van der Waals surface area contributed by atoms with Crippen LogP contribution in [0.5, 0.6) is 0 Å². The van der Waals surface area contributed by atoms with E-state index >= 15 is 0 Å². The highest BCUT2D eigenvalue weighted by Crippen LogP contribution is 2.24. The average molecular weight is 354 g/mol. The molecular weight excluding hydrogens is 332 g/mol. The molecule has 1 aromatic heterocycles. The Bertz CT molecular complexity index is 854. The van der Waals surface area contributed by atoms with Gasteiger partial charge >= 0.3 is 0 Å². The lowest BCUT2D eigenvalue weighted by Crippen LogP contribution is -2.36. The number of aromatic nitrogens is 2. The molecule has 0 atom stereocenters. The Morgan fingerprint density at radius 2 is 2.04 bits per heavy atom. The maximum atomic E-state index is 12.8. The normalized spacial score (nSPS) is 13.3. The molecule has 0 radical (unpaired) electrons. The third-order valence-corrected chi connectivity index (χ3v) is 4.77. The molecule has 0 aliphatic carbocycles. The van der Waals surface area contributed by atoms with Crippen LogP contribution in [0, 0.1) is 0 Å². The van der Waals surface area contributed by atoms with Crippen molar-refractivity contribution in [2.45, 2.75) is 19.6 Å². The summed E-state index contributed by atoms with van der Waals surface area (Å²) in [6.45, 7) is 4.38. The number of hydrogen-bond donors (Lipinski definition) is 1. The Balaban J connectivity index is 1.77. The Morgan fingerprint density at radius 1 is 1.35 bits per heavy atom. The van der Waals surface area contributed by atoms with Crippen molar-refractivity contribution in [2.24, 2.45) is 7.05 Å². The van der Waals surface area contributed by atoms with E-state index in [1.807, 2.05) is 7.05 Å². The van der Waals surface area contributed by atoms with Crippen LogP contribution in [-0.4, -0.2) is 45.2 Å².